The van der Waals surface area contributed by atoms with Crippen molar-refractivity contribution in [1.82, 2.24) is 4.98 Å². The Morgan fingerprint density at radius 3 is 2.94 bits per heavy atom. The minimum absolute atomic E-state index is 0. The van der Waals surface area contributed by atoms with E-state index < -0.39 is 0 Å². The molecule has 0 saturated carbocycles. The van der Waals surface area contributed by atoms with Gasteiger partial charge in [-0.15, -0.1) is 0 Å². The van der Waals surface area contributed by atoms with E-state index in [1.54, 1.807) is 0 Å². The quantitative estimate of drug-likeness (QED) is 0.570. The maximum Gasteiger partial charge on any atom is 0.0471 e. The molecule has 1 heteroatoms. The second-order valence-electron chi connectivity index (χ2n) is 4.37. The topological polar surface area (TPSA) is 15.8 Å². The van der Waals surface area contributed by atoms with Gasteiger partial charge in [-0.25, -0.2) is 0 Å². The molecule has 2 aromatic carbocycles. The van der Waals surface area contributed by atoms with Crippen LogP contribution in [0.3, 0.4) is 0 Å². The third-order valence-corrected chi connectivity index (χ3v) is 3.40. The summed E-state index contributed by atoms with van der Waals surface area (Å²) >= 11 is 0. The number of H-pyrrole nitrogens is 1. The van der Waals surface area contributed by atoms with Crippen molar-refractivity contribution in [2.24, 2.45) is 0 Å². The number of allylic oxidation sites excluding steroid dienone is 1. The fourth-order valence-corrected chi connectivity index (χ4v) is 2.60. The summed E-state index contributed by atoms with van der Waals surface area (Å²) in [4.78, 5) is 3.47. The van der Waals surface area contributed by atoms with Gasteiger partial charge in [-0.3, -0.25) is 0 Å². The second kappa shape index (κ2) is 2.76. The first kappa shape index (κ1) is 8.17. The molecule has 0 bridgehead atoms. The predicted octanol–water partition coefficient (Wildman–Crippen LogP) is 4.14. The van der Waals surface area contributed by atoms with Crippen LogP contribution in [-0.4, -0.2) is 4.98 Å². The van der Waals surface area contributed by atoms with Crippen LogP contribution >= 0.6 is 0 Å². The molecule has 0 saturated heterocycles. The number of benzene rings is 2. The summed E-state index contributed by atoms with van der Waals surface area (Å²) in [6, 6.07) is 13.1. The van der Waals surface area contributed by atoms with Crippen LogP contribution in [0.15, 0.2) is 42.5 Å². The Balaban J connectivity index is 0.000000902. The van der Waals surface area contributed by atoms with E-state index in [1.165, 1.54) is 32.9 Å². The highest BCUT2D eigenvalue weighted by atomic mass is 14.7. The van der Waals surface area contributed by atoms with Crippen molar-refractivity contribution >= 4 is 27.9 Å². The normalized spacial score (nSPS) is 13.8. The molecule has 0 atom stereocenters. The largest absolute Gasteiger partial charge is 0.354 e. The molecule has 0 amide bonds. The lowest BCUT2D eigenvalue weighted by molar-refractivity contribution is 1.32. The van der Waals surface area contributed by atoms with Crippen LogP contribution < -0.4 is 0 Å². The number of aromatic nitrogens is 1. The Kier molecular flexibility index (Phi) is 1.41. The summed E-state index contributed by atoms with van der Waals surface area (Å²) in [6.45, 7) is 0. The number of hydrogen-bond donors (Lipinski definition) is 1. The number of para-hydroxylation sites is 1. The Morgan fingerprint density at radius 2 is 1.94 bits per heavy atom. The van der Waals surface area contributed by atoms with E-state index >= 15 is 0 Å². The Bertz CT molecular complexity index is 737. The maximum atomic E-state index is 3.47. The van der Waals surface area contributed by atoms with Crippen LogP contribution in [0.25, 0.3) is 27.9 Å². The molecule has 4 rings (SSSR count). The van der Waals surface area contributed by atoms with Gasteiger partial charge in [0.15, 0.2) is 0 Å². The van der Waals surface area contributed by atoms with Gasteiger partial charge in [0.2, 0.25) is 0 Å². The van der Waals surface area contributed by atoms with Crippen LogP contribution in [0.4, 0.5) is 0 Å². The highest BCUT2D eigenvalue weighted by Gasteiger charge is 2.09. The zero-order chi connectivity index (χ0) is 10.5. The molecule has 1 heterocycles. The molecule has 0 aliphatic heterocycles. The average Bonchev–Trinajstić information content (AvgIpc) is 2.88. The summed E-state index contributed by atoms with van der Waals surface area (Å²) in [5, 5.41) is 2.67. The monoisotopic (exact) mass is 207 g/mol. The molecule has 78 valence electrons. The molecule has 16 heavy (non-hydrogen) atoms. The molecule has 1 aliphatic carbocycles. The first-order chi connectivity index (χ1) is 7.92. The van der Waals surface area contributed by atoms with Gasteiger partial charge in [-0.2, -0.15) is 0 Å². The lowest BCUT2D eigenvalue weighted by atomic mass is 10.1. The molecular formula is C15H13N. The molecule has 0 fully saturated rings. The Morgan fingerprint density at radius 1 is 1.00 bits per heavy atom. The molecule has 0 unspecified atom stereocenters. The van der Waals surface area contributed by atoms with E-state index in [0.29, 0.717) is 0 Å². The first-order valence-electron chi connectivity index (χ1n) is 5.62. The van der Waals surface area contributed by atoms with Gasteiger partial charge in [0.1, 0.15) is 0 Å². The van der Waals surface area contributed by atoms with E-state index in [1.807, 2.05) is 0 Å². The van der Waals surface area contributed by atoms with Crippen molar-refractivity contribution in [3.05, 3.63) is 53.6 Å². The van der Waals surface area contributed by atoms with E-state index in [9.17, 15) is 0 Å². The van der Waals surface area contributed by atoms with Crippen LogP contribution in [0.1, 0.15) is 12.6 Å². The smallest absolute Gasteiger partial charge is 0.0471 e. The average molecular weight is 207 g/mol. The summed E-state index contributed by atoms with van der Waals surface area (Å²) in [5.74, 6) is 0. The Hall–Kier alpha value is -2.02. The summed E-state index contributed by atoms with van der Waals surface area (Å²) in [7, 11) is 0. The molecule has 1 aliphatic rings. The number of hydrogen-bond acceptors (Lipinski definition) is 0. The third-order valence-electron chi connectivity index (χ3n) is 3.40. The number of rotatable bonds is 0. The van der Waals surface area contributed by atoms with Crippen molar-refractivity contribution in [2.45, 2.75) is 6.42 Å². The standard InChI is InChI=1S/C15H11N.H2/c1-2-7-14-12(6-1)13-8-10-4-3-5-11(10)9-15(13)16-14;/h1-3,5-9,16H,4H2;1H. The lowest BCUT2D eigenvalue weighted by Gasteiger charge is -1.98. The SMILES string of the molecule is C1=Cc2cc3[nH]c4ccccc4c3cc2C1.[HH]. The van der Waals surface area contributed by atoms with Crippen LogP contribution in [0, 0.1) is 0 Å². The Labute approximate surface area is 94.9 Å². The van der Waals surface area contributed by atoms with E-state index in [2.05, 4.69) is 53.5 Å². The predicted molar refractivity (Wildman–Crippen MR) is 70.7 cm³/mol. The van der Waals surface area contributed by atoms with Gasteiger partial charge in [-0.05, 0) is 35.7 Å². The van der Waals surface area contributed by atoms with Gasteiger partial charge < -0.3 is 4.98 Å². The number of nitrogens with one attached hydrogen (secondary N) is 1. The molecule has 1 N–H and O–H groups in total. The lowest BCUT2D eigenvalue weighted by Crippen LogP contribution is -1.80. The first-order valence-corrected chi connectivity index (χ1v) is 5.62. The minimum atomic E-state index is 0. The van der Waals surface area contributed by atoms with Gasteiger partial charge >= 0.3 is 0 Å². The number of fused-ring (bicyclic) bond motifs is 4. The van der Waals surface area contributed by atoms with E-state index in [-0.39, 0.29) is 1.43 Å². The fraction of sp³-hybridized carbons (Fsp3) is 0.0667. The van der Waals surface area contributed by atoms with Crippen molar-refractivity contribution in [3.63, 3.8) is 0 Å². The summed E-state index contributed by atoms with van der Waals surface area (Å²) in [6.07, 6.45) is 5.51. The molecular weight excluding hydrogens is 194 g/mol. The molecule has 0 radical (unpaired) electrons. The number of aromatic amines is 1. The van der Waals surface area contributed by atoms with Gasteiger partial charge in [0.05, 0.1) is 0 Å². The molecule has 1 nitrogen and oxygen atoms in total. The van der Waals surface area contributed by atoms with Gasteiger partial charge in [0.25, 0.3) is 0 Å². The van der Waals surface area contributed by atoms with Gasteiger partial charge in [0, 0.05) is 23.2 Å². The van der Waals surface area contributed by atoms with E-state index in [4.69, 9.17) is 0 Å². The van der Waals surface area contributed by atoms with Crippen molar-refractivity contribution in [3.8, 4) is 0 Å². The fourth-order valence-electron chi connectivity index (χ4n) is 2.60. The van der Waals surface area contributed by atoms with Crippen molar-refractivity contribution < 1.29 is 1.43 Å². The van der Waals surface area contributed by atoms with E-state index in [0.717, 1.165) is 6.42 Å². The molecule has 3 aromatic rings. The van der Waals surface area contributed by atoms with Crippen molar-refractivity contribution in [2.75, 3.05) is 0 Å². The highest BCUT2D eigenvalue weighted by Crippen LogP contribution is 2.30. The highest BCUT2D eigenvalue weighted by molar-refractivity contribution is 6.08. The minimum Gasteiger partial charge on any atom is -0.354 e. The van der Waals surface area contributed by atoms with Crippen LogP contribution in [0.2, 0.25) is 0 Å². The summed E-state index contributed by atoms with van der Waals surface area (Å²) < 4.78 is 0. The zero-order valence-corrected chi connectivity index (χ0v) is 8.83. The van der Waals surface area contributed by atoms with Crippen LogP contribution in [-0.2, 0) is 6.42 Å². The van der Waals surface area contributed by atoms with Crippen LogP contribution in [0.5, 0.6) is 0 Å². The third kappa shape index (κ3) is 0.951. The summed E-state index contributed by atoms with van der Waals surface area (Å²) in [5.41, 5.74) is 5.27. The van der Waals surface area contributed by atoms with Gasteiger partial charge in [-0.1, -0.05) is 30.4 Å². The maximum absolute atomic E-state index is 3.47. The molecule has 0 spiro atoms. The zero-order valence-electron chi connectivity index (χ0n) is 8.83. The second-order valence-corrected chi connectivity index (χ2v) is 4.37. The molecule has 1 aromatic heterocycles. The van der Waals surface area contributed by atoms with Crippen molar-refractivity contribution in [1.29, 1.82) is 0 Å².